The number of rotatable bonds is 9. The molecule has 0 radical (unpaired) electrons. The van der Waals surface area contributed by atoms with Gasteiger partial charge in [-0.05, 0) is 0 Å². The summed E-state index contributed by atoms with van der Waals surface area (Å²) in [6.07, 6.45) is -18.1. The number of phosphoric acid groups is 2. The number of nitrogens with two attached hydrogens (primary N) is 1. The Morgan fingerprint density at radius 2 is 1.65 bits per heavy atom. The SMILES string of the molecule is NC(O)C1O[C@H](OP(=O)(O)OP(=O)(O)OCC2OC(n3ccc(=O)[nH]c3=O)C(O)C2O)C(O)C(O)[C@H]1O. The largest absolute Gasteiger partial charge is 0.483 e. The zero-order chi connectivity index (χ0) is 27.9. The first-order chi connectivity index (χ1) is 17.0. The van der Waals surface area contributed by atoms with Crippen molar-refractivity contribution in [1.82, 2.24) is 9.55 Å². The molecule has 0 saturated carbocycles. The van der Waals surface area contributed by atoms with Crippen molar-refractivity contribution in [2.45, 2.75) is 61.5 Å². The first kappa shape index (κ1) is 30.1. The lowest BCUT2D eigenvalue weighted by molar-refractivity contribution is -0.290. The van der Waals surface area contributed by atoms with Crippen molar-refractivity contribution in [3.63, 3.8) is 0 Å². The van der Waals surface area contributed by atoms with Gasteiger partial charge in [-0.1, -0.05) is 0 Å². The van der Waals surface area contributed by atoms with Crippen LogP contribution < -0.4 is 17.0 Å². The van der Waals surface area contributed by atoms with Gasteiger partial charge in [0.1, 0.15) is 49.0 Å². The molecule has 3 heterocycles. The van der Waals surface area contributed by atoms with Crippen LogP contribution in [0.15, 0.2) is 21.9 Å². The van der Waals surface area contributed by atoms with E-state index < -0.39 is 95.0 Å². The predicted molar refractivity (Wildman–Crippen MR) is 112 cm³/mol. The molecular formula is C15H25N3O17P2. The number of aromatic amines is 1. The van der Waals surface area contributed by atoms with Crippen LogP contribution in [0.3, 0.4) is 0 Å². The number of aliphatic hydroxyl groups is 6. The molecule has 212 valence electrons. The topological polar surface area (TPSA) is 323 Å². The number of hydrogen-bond donors (Lipinski definition) is 10. The van der Waals surface area contributed by atoms with Crippen LogP contribution in [0, 0.1) is 0 Å². The zero-order valence-electron chi connectivity index (χ0n) is 18.3. The molecule has 2 aliphatic rings. The predicted octanol–water partition coefficient (Wildman–Crippen LogP) is -5.51. The van der Waals surface area contributed by atoms with Crippen LogP contribution in [0.1, 0.15) is 6.23 Å². The van der Waals surface area contributed by atoms with Gasteiger partial charge in [0.2, 0.25) is 0 Å². The number of nitrogens with one attached hydrogen (secondary N) is 1. The average molecular weight is 581 g/mol. The van der Waals surface area contributed by atoms with Gasteiger partial charge < -0.3 is 55.6 Å². The summed E-state index contributed by atoms with van der Waals surface area (Å²) < 4.78 is 48.1. The van der Waals surface area contributed by atoms with Gasteiger partial charge in [-0.15, -0.1) is 0 Å². The summed E-state index contributed by atoms with van der Waals surface area (Å²) in [5.41, 5.74) is 3.38. The van der Waals surface area contributed by atoms with E-state index >= 15 is 0 Å². The smallest absolute Gasteiger partial charge is 0.387 e. The molecule has 12 atom stereocenters. The third-order valence-corrected chi connectivity index (χ3v) is 7.85. The van der Waals surface area contributed by atoms with Crippen molar-refractivity contribution in [2.24, 2.45) is 5.73 Å². The molecule has 20 nitrogen and oxygen atoms in total. The Labute approximate surface area is 205 Å². The molecule has 0 aliphatic carbocycles. The normalized spacial score (nSPS) is 38.6. The van der Waals surface area contributed by atoms with E-state index in [-0.39, 0.29) is 0 Å². The Bertz CT molecular complexity index is 1160. The van der Waals surface area contributed by atoms with Gasteiger partial charge in [-0.3, -0.25) is 23.4 Å². The van der Waals surface area contributed by atoms with Gasteiger partial charge in [-0.2, -0.15) is 4.31 Å². The quantitative estimate of drug-likeness (QED) is 0.0960. The van der Waals surface area contributed by atoms with Crippen LogP contribution in [0.2, 0.25) is 0 Å². The van der Waals surface area contributed by atoms with E-state index in [0.717, 1.165) is 12.3 Å². The van der Waals surface area contributed by atoms with Crippen LogP contribution in [-0.4, -0.2) is 112 Å². The molecule has 0 bridgehead atoms. The van der Waals surface area contributed by atoms with E-state index in [1.165, 1.54) is 0 Å². The molecule has 0 spiro atoms. The van der Waals surface area contributed by atoms with Crippen molar-refractivity contribution < 1.29 is 72.4 Å². The van der Waals surface area contributed by atoms with Crippen LogP contribution in [0.5, 0.6) is 0 Å². The summed E-state index contributed by atoms with van der Waals surface area (Å²) in [4.78, 5) is 44.6. The zero-order valence-corrected chi connectivity index (χ0v) is 20.1. The number of phosphoric ester groups is 2. The van der Waals surface area contributed by atoms with Crippen molar-refractivity contribution in [3.8, 4) is 0 Å². The summed E-state index contributed by atoms with van der Waals surface area (Å²) in [6, 6.07) is 0.922. The summed E-state index contributed by atoms with van der Waals surface area (Å²) >= 11 is 0. The minimum atomic E-state index is -5.65. The molecule has 3 rings (SSSR count). The highest BCUT2D eigenvalue weighted by atomic mass is 31.3. The molecule has 2 saturated heterocycles. The molecule has 10 unspecified atom stereocenters. The monoisotopic (exact) mass is 581 g/mol. The maximum atomic E-state index is 12.2. The van der Waals surface area contributed by atoms with E-state index in [9.17, 15) is 59.1 Å². The number of hydrogen-bond acceptors (Lipinski definition) is 16. The van der Waals surface area contributed by atoms with Gasteiger partial charge in [0.05, 0.1) is 6.61 Å². The number of ether oxygens (including phenoxy) is 2. The van der Waals surface area contributed by atoms with Gasteiger partial charge in [0.15, 0.2) is 12.5 Å². The number of H-pyrrole nitrogens is 1. The van der Waals surface area contributed by atoms with Crippen LogP contribution in [0.4, 0.5) is 0 Å². The van der Waals surface area contributed by atoms with Crippen LogP contribution >= 0.6 is 15.6 Å². The van der Waals surface area contributed by atoms with Crippen molar-refractivity contribution >= 4 is 15.6 Å². The van der Waals surface area contributed by atoms with Gasteiger partial charge in [0, 0.05) is 12.3 Å². The second kappa shape index (κ2) is 11.4. The Morgan fingerprint density at radius 3 is 2.24 bits per heavy atom. The lowest BCUT2D eigenvalue weighted by Crippen LogP contribution is -2.62. The van der Waals surface area contributed by atoms with E-state index in [1.54, 1.807) is 0 Å². The van der Waals surface area contributed by atoms with Gasteiger partial charge >= 0.3 is 21.3 Å². The van der Waals surface area contributed by atoms with E-state index in [2.05, 4.69) is 13.4 Å². The first-order valence-electron chi connectivity index (χ1n) is 10.2. The highest BCUT2D eigenvalue weighted by molar-refractivity contribution is 7.61. The fourth-order valence-electron chi connectivity index (χ4n) is 3.44. The van der Waals surface area contributed by atoms with Crippen LogP contribution in [-0.2, 0) is 32.0 Å². The number of aromatic nitrogens is 2. The molecule has 1 aromatic heterocycles. The highest BCUT2D eigenvalue weighted by Gasteiger charge is 2.50. The summed E-state index contributed by atoms with van der Waals surface area (Å²) in [5, 5.41) is 59.0. The molecule has 2 aliphatic heterocycles. The van der Waals surface area contributed by atoms with Crippen molar-refractivity contribution in [2.75, 3.05) is 6.61 Å². The van der Waals surface area contributed by atoms with Crippen LogP contribution in [0.25, 0.3) is 0 Å². The molecular weight excluding hydrogens is 556 g/mol. The number of nitrogens with zero attached hydrogens (tertiary/aromatic N) is 1. The lowest BCUT2D eigenvalue weighted by atomic mass is 9.98. The molecule has 37 heavy (non-hydrogen) atoms. The van der Waals surface area contributed by atoms with E-state index in [0.29, 0.717) is 4.57 Å². The molecule has 22 heteroatoms. The molecule has 11 N–H and O–H groups in total. The third-order valence-electron chi connectivity index (χ3n) is 5.25. The Kier molecular flexibility index (Phi) is 9.25. The summed E-state index contributed by atoms with van der Waals surface area (Å²) in [5.74, 6) is 0. The highest BCUT2D eigenvalue weighted by Crippen LogP contribution is 2.61. The minimum absolute atomic E-state index is 0.715. The Hall–Kier alpha value is -1.42. The fourth-order valence-corrected chi connectivity index (χ4v) is 5.60. The minimum Gasteiger partial charge on any atom is -0.387 e. The van der Waals surface area contributed by atoms with Gasteiger partial charge in [0.25, 0.3) is 5.56 Å². The Morgan fingerprint density at radius 1 is 1.00 bits per heavy atom. The maximum absolute atomic E-state index is 12.2. The first-order valence-corrected chi connectivity index (χ1v) is 13.2. The second-order valence-electron chi connectivity index (χ2n) is 7.92. The fraction of sp³-hybridized carbons (Fsp3) is 0.733. The summed E-state index contributed by atoms with van der Waals surface area (Å²) in [7, 11) is -11.2. The second-order valence-corrected chi connectivity index (χ2v) is 10.9. The third kappa shape index (κ3) is 6.97. The number of aliphatic hydroxyl groups excluding tert-OH is 6. The molecule has 0 amide bonds. The molecule has 0 aromatic carbocycles. The maximum Gasteiger partial charge on any atom is 0.483 e. The van der Waals surface area contributed by atoms with E-state index in [4.69, 9.17) is 15.2 Å². The van der Waals surface area contributed by atoms with Crippen molar-refractivity contribution in [1.29, 1.82) is 0 Å². The van der Waals surface area contributed by atoms with E-state index in [1.807, 2.05) is 4.98 Å². The summed E-state index contributed by atoms with van der Waals surface area (Å²) in [6.45, 7) is -1.05. The van der Waals surface area contributed by atoms with Crippen molar-refractivity contribution in [3.05, 3.63) is 33.1 Å². The standard InChI is InChI=1S/C15H25N3O17P2/c16-12(25)11-8(22)7(21)10(24)14(33-11)34-37(29,30)35-36(27,28)31-3-4-6(20)9(23)13(32-4)18-2-1-5(19)17-15(18)26/h1-2,4,6-14,20-25H,3,16H2,(H,27,28)(H,29,30)(H,17,19,26)/t4?,6?,7?,8-,9?,10?,11?,12?,13?,14-/m1/s1. The van der Waals surface area contributed by atoms with Gasteiger partial charge in [-0.25, -0.2) is 13.9 Å². The average Bonchev–Trinajstić information content (AvgIpc) is 3.05. The lowest BCUT2D eigenvalue weighted by Gasteiger charge is -2.41. The molecule has 1 aromatic rings. The Balaban J connectivity index is 1.62. The molecule has 2 fully saturated rings.